The molecule has 2 aromatic carbocycles. The molecule has 0 radical (unpaired) electrons. The molecule has 4 aromatic rings. The third kappa shape index (κ3) is 4.59. The number of esters is 1. The van der Waals surface area contributed by atoms with Crippen LogP contribution >= 0.6 is 0 Å². The molecule has 0 amide bonds. The summed E-state index contributed by atoms with van der Waals surface area (Å²) in [5.41, 5.74) is 5.23. The highest BCUT2D eigenvalue weighted by Gasteiger charge is 2.18. The lowest BCUT2D eigenvalue weighted by molar-refractivity contribution is 0.0474. The quantitative estimate of drug-likeness (QED) is 0.202. The van der Waals surface area contributed by atoms with Crippen LogP contribution in [0.3, 0.4) is 0 Å². The second-order valence-electron chi connectivity index (χ2n) is 7.99. The molecule has 172 valence electrons. The number of aromatic nitrogens is 3. The number of Topliss-reactive ketones (excluding diaryl/α,β-unsaturated/α-hetero) is 1. The Hall–Kier alpha value is -4.26. The van der Waals surface area contributed by atoms with E-state index in [1.54, 1.807) is 36.4 Å². The van der Waals surface area contributed by atoms with Gasteiger partial charge in [0.2, 0.25) is 17.6 Å². The molecule has 7 nitrogen and oxygen atoms in total. The molecular formula is C27H25N3O4. The van der Waals surface area contributed by atoms with Gasteiger partial charge in [-0.05, 0) is 62.7 Å². The van der Waals surface area contributed by atoms with Crippen molar-refractivity contribution in [3.63, 3.8) is 0 Å². The van der Waals surface area contributed by atoms with Gasteiger partial charge in [-0.3, -0.25) is 4.79 Å². The lowest BCUT2D eigenvalue weighted by Gasteiger charge is -2.07. The molecule has 0 aliphatic rings. The SMILES string of the molecule is C=CCn1c(C)cc(C(=O)COC(=O)c2ccc(-c3nnc(-c4ccccc4C)o3)cc2)c1C. The maximum absolute atomic E-state index is 12.6. The first kappa shape index (κ1) is 22.9. The summed E-state index contributed by atoms with van der Waals surface area (Å²) in [5.74, 6) is -0.0420. The number of carbonyl (C=O) groups excluding carboxylic acids is 2. The zero-order valence-electron chi connectivity index (χ0n) is 19.4. The predicted octanol–water partition coefficient (Wildman–Crippen LogP) is 5.36. The number of ether oxygens (including phenoxy) is 1. The molecule has 0 aliphatic carbocycles. The molecule has 2 aromatic heterocycles. The van der Waals surface area contributed by atoms with Crippen molar-refractivity contribution in [1.82, 2.24) is 14.8 Å². The zero-order valence-corrected chi connectivity index (χ0v) is 19.4. The van der Waals surface area contributed by atoms with E-state index in [4.69, 9.17) is 9.15 Å². The van der Waals surface area contributed by atoms with Gasteiger partial charge in [-0.2, -0.15) is 0 Å². The number of rotatable bonds is 8. The fraction of sp³-hybridized carbons (Fsp3) is 0.185. The van der Waals surface area contributed by atoms with Crippen LogP contribution in [-0.4, -0.2) is 33.1 Å². The summed E-state index contributed by atoms with van der Waals surface area (Å²) in [5, 5.41) is 8.25. The minimum Gasteiger partial charge on any atom is -0.454 e. The monoisotopic (exact) mass is 455 g/mol. The summed E-state index contributed by atoms with van der Waals surface area (Å²) in [4.78, 5) is 25.1. The van der Waals surface area contributed by atoms with Crippen LogP contribution in [0.25, 0.3) is 22.9 Å². The van der Waals surface area contributed by atoms with E-state index in [9.17, 15) is 9.59 Å². The van der Waals surface area contributed by atoms with Crippen molar-refractivity contribution in [2.24, 2.45) is 0 Å². The summed E-state index contributed by atoms with van der Waals surface area (Å²) >= 11 is 0. The molecule has 0 bridgehead atoms. The fourth-order valence-corrected chi connectivity index (χ4v) is 3.80. The van der Waals surface area contributed by atoms with E-state index in [2.05, 4.69) is 16.8 Å². The number of aryl methyl sites for hydroxylation is 2. The Labute approximate surface area is 197 Å². The van der Waals surface area contributed by atoms with Crippen molar-refractivity contribution in [3.8, 4) is 22.9 Å². The van der Waals surface area contributed by atoms with E-state index in [0.717, 1.165) is 22.5 Å². The van der Waals surface area contributed by atoms with Gasteiger partial charge in [0.25, 0.3) is 0 Å². The third-order valence-corrected chi connectivity index (χ3v) is 5.69. The lowest BCUT2D eigenvalue weighted by Crippen LogP contribution is -2.15. The molecule has 4 rings (SSSR count). The van der Waals surface area contributed by atoms with E-state index < -0.39 is 5.97 Å². The van der Waals surface area contributed by atoms with Crippen LogP contribution in [0.2, 0.25) is 0 Å². The Bertz CT molecular complexity index is 1360. The standard InChI is InChI=1S/C27H25N3O4/c1-5-14-30-18(3)15-23(19(30)4)24(31)16-33-27(32)21-12-10-20(11-13-21)25-28-29-26(34-25)22-9-7-6-8-17(22)2/h5-13,15H,1,14,16H2,2-4H3. The summed E-state index contributed by atoms with van der Waals surface area (Å²) in [6.45, 7) is 9.79. The van der Waals surface area contributed by atoms with Gasteiger partial charge in [0, 0.05) is 34.6 Å². The molecule has 0 saturated carbocycles. The van der Waals surface area contributed by atoms with E-state index in [1.165, 1.54) is 0 Å². The van der Waals surface area contributed by atoms with Crippen molar-refractivity contribution in [2.75, 3.05) is 6.61 Å². The molecule has 0 unspecified atom stereocenters. The molecule has 0 spiro atoms. The molecule has 0 aliphatic heterocycles. The predicted molar refractivity (Wildman–Crippen MR) is 129 cm³/mol. The number of allylic oxidation sites excluding steroid dienone is 1. The van der Waals surface area contributed by atoms with Gasteiger partial charge in [-0.1, -0.05) is 24.3 Å². The summed E-state index contributed by atoms with van der Waals surface area (Å²) in [7, 11) is 0. The highest BCUT2D eigenvalue weighted by Crippen LogP contribution is 2.26. The van der Waals surface area contributed by atoms with Crippen LogP contribution in [0.15, 0.2) is 71.7 Å². The maximum atomic E-state index is 12.6. The van der Waals surface area contributed by atoms with Crippen LogP contribution in [0.4, 0.5) is 0 Å². The Morgan fingerprint density at radius 3 is 2.44 bits per heavy atom. The van der Waals surface area contributed by atoms with Crippen molar-refractivity contribution >= 4 is 11.8 Å². The normalized spacial score (nSPS) is 10.8. The second-order valence-corrected chi connectivity index (χ2v) is 7.99. The smallest absolute Gasteiger partial charge is 0.338 e. The first-order valence-corrected chi connectivity index (χ1v) is 10.9. The average molecular weight is 456 g/mol. The molecule has 7 heteroatoms. The van der Waals surface area contributed by atoms with Crippen LogP contribution in [0.1, 0.15) is 37.7 Å². The van der Waals surface area contributed by atoms with Gasteiger partial charge in [-0.15, -0.1) is 16.8 Å². The Morgan fingerprint density at radius 1 is 1.03 bits per heavy atom. The third-order valence-electron chi connectivity index (χ3n) is 5.69. The fourth-order valence-electron chi connectivity index (χ4n) is 3.80. The molecular weight excluding hydrogens is 430 g/mol. The summed E-state index contributed by atoms with van der Waals surface area (Å²) in [6, 6.07) is 16.2. The average Bonchev–Trinajstić information content (AvgIpc) is 3.44. The number of hydrogen-bond donors (Lipinski definition) is 0. The molecule has 0 atom stereocenters. The zero-order chi connectivity index (χ0) is 24.2. The largest absolute Gasteiger partial charge is 0.454 e. The topological polar surface area (TPSA) is 87.2 Å². The van der Waals surface area contributed by atoms with Crippen molar-refractivity contribution in [2.45, 2.75) is 27.3 Å². The molecule has 0 N–H and O–H groups in total. The first-order chi connectivity index (χ1) is 16.4. The van der Waals surface area contributed by atoms with Gasteiger partial charge < -0.3 is 13.7 Å². The van der Waals surface area contributed by atoms with Crippen LogP contribution in [0.5, 0.6) is 0 Å². The Morgan fingerprint density at radius 2 is 1.74 bits per heavy atom. The van der Waals surface area contributed by atoms with E-state index in [-0.39, 0.29) is 12.4 Å². The van der Waals surface area contributed by atoms with Gasteiger partial charge in [0.05, 0.1) is 5.56 Å². The van der Waals surface area contributed by atoms with E-state index >= 15 is 0 Å². The highest BCUT2D eigenvalue weighted by molar-refractivity contribution is 6.00. The number of ketones is 1. The van der Waals surface area contributed by atoms with Crippen molar-refractivity contribution in [1.29, 1.82) is 0 Å². The van der Waals surface area contributed by atoms with Crippen molar-refractivity contribution < 1.29 is 18.7 Å². The minimum absolute atomic E-state index is 0.247. The van der Waals surface area contributed by atoms with Crippen LogP contribution < -0.4 is 0 Å². The highest BCUT2D eigenvalue weighted by atomic mass is 16.5. The maximum Gasteiger partial charge on any atom is 0.338 e. The van der Waals surface area contributed by atoms with Gasteiger partial charge >= 0.3 is 5.97 Å². The van der Waals surface area contributed by atoms with E-state index in [0.29, 0.717) is 35.0 Å². The van der Waals surface area contributed by atoms with Crippen molar-refractivity contribution in [3.05, 3.63) is 95.3 Å². The molecule has 0 fully saturated rings. The molecule has 0 saturated heterocycles. The Kier molecular flexibility index (Phi) is 6.54. The van der Waals surface area contributed by atoms with Crippen LogP contribution in [0, 0.1) is 20.8 Å². The number of nitrogens with zero attached hydrogens (tertiary/aromatic N) is 3. The van der Waals surface area contributed by atoms with E-state index in [1.807, 2.05) is 49.6 Å². The molecule has 34 heavy (non-hydrogen) atoms. The second kappa shape index (κ2) is 9.70. The molecule has 2 heterocycles. The minimum atomic E-state index is -0.578. The summed E-state index contributed by atoms with van der Waals surface area (Å²) in [6.07, 6.45) is 1.77. The number of carbonyl (C=O) groups is 2. The lowest BCUT2D eigenvalue weighted by atomic mass is 10.1. The van der Waals surface area contributed by atoms with Gasteiger partial charge in [0.15, 0.2) is 6.61 Å². The first-order valence-electron chi connectivity index (χ1n) is 10.9. The van der Waals surface area contributed by atoms with Gasteiger partial charge in [-0.25, -0.2) is 4.79 Å². The number of hydrogen-bond acceptors (Lipinski definition) is 6. The van der Waals surface area contributed by atoms with Gasteiger partial charge in [0.1, 0.15) is 0 Å². The van der Waals surface area contributed by atoms with Crippen LogP contribution in [-0.2, 0) is 11.3 Å². The Balaban J connectivity index is 1.41. The number of benzene rings is 2. The summed E-state index contributed by atoms with van der Waals surface area (Å²) < 4.78 is 13.1.